The number of benzene rings is 3. The minimum Gasteiger partial charge on any atom is -0.301 e. The van der Waals surface area contributed by atoms with Crippen LogP contribution in [0.1, 0.15) is 6.92 Å². The number of thiazole rings is 1. The van der Waals surface area contributed by atoms with Gasteiger partial charge in [0, 0.05) is 10.9 Å². The van der Waals surface area contributed by atoms with Gasteiger partial charge in [-0.1, -0.05) is 66.4 Å². The van der Waals surface area contributed by atoms with E-state index in [0.29, 0.717) is 10.3 Å². The third kappa shape index (κ3) is 4.25. The van der Waals surface area contributed by atoms with Gasteiger partial charge < -0.3 is 5.32 Å². The van der Waals surface area contributed by atoms with Gasteiger partial charge in [-0.2, -0.15) is 4.68 Å². The summed E-state index contributed by atoms with van der Waals surface area (Å²) in [4.78, 5) is 17.4. The average molecular weight is 459 g/mol. The first-order valence-electron chi connectivity index (χ1n) is 9.93. The molecule has 2 heterocycles. The molecule has 0 fully saturated rings. The molecule has 0 aliphatic rings. The number of nitrogens with one attached hydrogen (secondary N) is 1. The maximum Gasteiger partial charge on any atom is 0.239 e. The van der Waals surface area contributed by atoms with E-state index >= 15 is 0 Å². The number of rotatable bonds is 6. The molecular weight excluding hydrogens is 440 g/mol. The number of thioether (sulfide) groups is 1. The van der Waals surface area contributed by atoms with Crippen molar-refractivity contribution in [1.82, 2.24) is 25.2 Å². The summed E-state index contributed by atoms with van der Waals surface area (Å²) in [6.07, 6.45) is 0. The van der Waals surface area contributed by atoms with Crippen molar-refractivity contribution in [3.8, 4) is 16.9 Å². The summed E-state index contributed by atoms with van der Waals surface area (Å²) in [6.45, 7) is 1.82. The zero-order chi connectivity index (χ0) is 21.9. The zero-order valence-electron chi connectivity index (χ0n) is 17.0. The fourth-order valence-corrected chi connectivity index (χ4v) is 4.74. The van der Waals surface area contributed by atoms with Crippen LogP contribution in [0, 0.1) is 0 Å². The molecule has 5 rings (SSSR count). The molecule has 1 atom stereocenters. The van der Waals surface area contributed by atoms with Gasteiger partial charge in [-0.3, -0.25) is 4.79 Å². The molecule has 0 saturated carbocycles. The number of amides is 1. The van der Waals surface area contributed by atoms with Crippen molar-refractivity contribution >= 4 is 44.9 Å². The van der Waals surface area contributed by atoms with Crippen LogP contribution in [-0.2, 0) is 4.79 Å². The van der Waals surface area contributed by atoms with E-state index in [4.69, 9.17) is 0 Å². The Morgan fingerprint density at radius 2 is 1.81 bits per heavy atom. The van der Waals surface area contributed by atoms with Crippen molar-refractivity contribution in [1.29, 1.82) is 0 Å². The molecule has 1 N–H and O–H groups in total. The number of carbonyl (C=O) groups is 1. The summed E-state index contributed by atoms with van der Waals surface area (Å²) >= 11 is 2.70. The van der Waals surface area contributed by atoms with Gasteiger partial charge in [-0.05, 0) is 46.3 Å². The molecule has 5 aromatic rings. The molecule has 1 amide bonds. The Labute approximate surface area is 192 Å². The molecule has 3 aromatic carbocycles. The van der Waals surface area contributed by atoms with E-state index in [0.717, 1.165) is 22.3 Å². The smallest absolute Gasteiger partial charge is 0.239 e. The molecule has 9 heteroatoms. The van der Waals surface area contributed by atoms with Crippen LogP contribution >= 0.6 is 23.1 Å². The predicted molar refractivity (Wildman–Crippen MR) is 128 cm³/mol. The third-order valence-corrected chi connectivity index (χ3v) is 6.66. The van der Waals surface area contributed by atoms with Gasteiger partial charge in [0.25, 0.3) is 0 Å². The number of hydrogen-bond donors (Lipinski definition) is 1. The highest BCUT2D eigenvalue weighted by Crippen LogP contribution is 2.29. The Hall–Kier alpha value is -3.56. The SMILES string of the molecule is CC(Sc1nnnn1-c1ccccc1)C(=O)Nc1nc(-c2ccc3ccccc3c2)cs1. The number of fused-ring (bicyclic) bond motifs is 1. The second-order valence-electron chi connectivity index (χ2n) is 7.06. The van der Waals surface area contributed by atoms with Crippen LogP contribution in [0.3, 0.4) is 0 Å². The standard InChI is InChI=1S/C23H18N6OS2/c1-15(32-23-26-27-28-29(23)19-9-3-2-4-10-19)21(30)25-22-24-20(14-31-22)18-12-11-16-7-5-6-8-17(16)13-18/h2-15H,1H3,(H,24,25,30). The Bertz CT molecular complexity index is 1380. The lowest BCUT2D eigenvalue weighted by molar-refractivity contribution is -0.115. The summed E-state index contributed by atoms with van der Waals surface area (Å²) in [6, 6.07) is 24.0. The van der Waals surface area contributed by atoms with Gasteiger partial charge in [0.05, 0.1) is 16.6 Å². The predicted octanol–water partition coefficient (Wildman–Crippen LogP) is 5.06. The first kappa shape index (κ1) is 20.3. The highest BCUT2D eigenvalue weighted by Gasteiger charge is 2.20. The van der Waals surface area contributed by atoms with Crippen LogP contribution in [0.15, 0.2) is 83.3 Å². The summed E-state index contributed by atoms with van der Waals surface area (Å²) in [7, 11) is 0. The fourth-order valence-electron chi connectivity index (χ4n) is 3.21. The quantitative estimate of drug-likeness (QED) is 0.358. The van der Waals surface area contributed by atoms with Gasteiger partial charge in [0.1, 0.15) is 0 Å². The van der Waals surface area contributed by atoms with Crippen molar-refractivity contribution < 1.29 is 4.79 Å². The highest BCUT2D eigenvalue weighted by molar-refractivity contribution is 8.00. The maximum atomic E-state index is 12.8. The summed E-state index contributed by atoms with van der Waals surface area (Å²) < 4.78 is 1.62. The molecule has 1 unspecified atom stereocenters. The lowest BCUT2D eigenvalue weighted by atomic mass is 10.1. The van der Waals surface area contributed by atoms with Crippen molar-refractivity contribution in [2.75, 3.05) is 5.32 Å². The molecule has 7 nitrogen and oxygen atoms in total. The normalized spacial score (nSPS) is 12.0. The van der Waals surface area contributed by atoms with Gasteiger partial charge in [0.2, 0.25) is 11.1 Å². The number of anilines is 1. The van der Waals surface area contributed by atoms with Gasteiger partial charge in [-0.15, -0.1) is 16.4 Å². The first-order chi connectivity index (χ1) is 15.7. The lowest BCUT2D eigenvalue weighted by Gasteiger charge is -2.10. The molecule has 158 valence electrons. The number of para-hydroxylation sites is 1. The Balaban J connectivity index is 1.28. The van der Waals surface area contributed by atoms with Crippen molar-refractivity contribution in [3.63, 3.8) is 0 Å². The highest BCUT2D eigenvalue weighted by atomic mass is 32.2. The molecule has 0 spiro atoms. The monoisotopic (exact) mass is 458 g/mol. The molecule has 0 bridgehead atoms. The summed E-state index contributed by atoms with van der Waals surface area (Å²) in [5, 5.41) is 19.8. The molecule has 0 radical (unpaired) electrons. The summed E-state index contributed by atoms with van der Waals surface area (Å²) in [5.41, 5.74) is 2.70. The Kier molecular flexibility index (Phi) is 5.66. The van der Waals surface area contributed by atoms with Gasteiger partial charge >= 0.3 is 0 Å². The van der Waals surface area contributed by atoms with Crippen LogP contribution in [0.5, 0.6) is 0 Å². The van der Waals surface area contributed by atoms with Crippen LogP contribution in [-0.4, -0.2) is 36.3 Å². The van der Waals surface area contributed by atoms with Crippen LogP contribution in [0.25, 0.3) is 27.7 Å². The molecule has 0 aliphatic carbocycles. The number of carbonyl (C=O) groups excluding carboxylic acids is 1. The minimum atomic E-state index is -0.406. The average Bonchev–Trinajstić information content (AvgIpc) is 3.49. The lowest BCUT2D eigenvalue weighted by Crippen LogP contribution is -2.22. The maximum absolute atomic E-state index is 12.8. The first-order valence-corrected chi connectivity index (χ1v) is 11.7. The van der Waals surface area contributed by atoms with Crippen LogP contribution in [0.2, 0.25) is 0 Å². The summed E-state index contributed by atoms with van der Waals surface area (Å²) in [5.74, 6) is -0.156. The van der Waals surface area contributed by atoms with E-state index in [9.17, 15) is 4.79 Å². The minimum absolute atomic E-state index is 0.156. The van der Waals surface area contributed by atoms with Crippen molar-refractivity contribution in [2.45, 2.75) is 17.3 Å². The van der Waals surface area contributed by atoms with Crippen molar-refractivity contribution in [2.24, 2.45) is 0 Å². The van der Waals surface area contributed by atoms with E-state index < -0.39 is 5.25 Å². The Morgan fingerprint density at radius 1 is 1.03 bits per heavy atom. The second-order valence-corrected chi connectivity index (χ2v) is 9.22. The largest absolute Gasteiger partial charge is 0.301 e. The molecule has 2 aromatic heterocycles. The van der Waals surface area contributed by atoms with E-state index in [1.807, 2.05) is 60.8 Å². The third-order valence-electron chi connectivity index (χ3n) is 4.87. The van der Waals surface area contributed by atoms with E-state index in [2.05, 4.69) is 50.1 Å². The van der Waals surface area contributed by atoms with Crippen LogP contribution in [0.4, 0.5) is 5.13 Å². The Morgan fingerprint density at radius 3 is 2.66 bits per heavy atom. The zero-order valence-corrected chi connectivity index (χ0v) is 18.7. The van der Waals surface area contributed by atoms with Crippen LogP contribution < -0.4 is 5.32 Å². The molecule has 32 heavy (non-hydrogen) atoms. The van der Waals surface area contributed by atoms with Crippen molar-refractivity contribution in [3.05, 3.63) is 78.2 Å². The fraction of sp³-hybridized carbons (Fsp3) is 0.0870. The van der Waals surface area contributed by atoms with E-state index in [1.54, 1.807) is 4.68 Å². The van der Waals surface area contributed by atoms with E-state index in [-0.39, 0.29) is 5.91 Å². The topological polar surface area (TPSA) is 85.6 Å². The van der Waals surface area contributed by atoms with Gasteiger partial charge in [0.15, 0.2) is 5.13 Å². The molecule has 0 aliphatic heterocycles. The molecule has 0 saturated heterocycles. The van der Waals surface area contributed by atoms with Gasteiger partial charge in [-0.25, -0.2) is 4.98 Å². The number of hydrogen-bond acceptors (Lipinski definition) is 7. The number of tetrazole rings is 1. The number of nitrogens with zero attached hydrogens (tertiary/aromatic N) is 5. The van der Waals surface area contributed by atoms with E-state index in [1.165, 1.54) is 28.5 Å². The number of aromatic nitrogens is 5. The molecular formula is C23H18N6OS2. The second kappa shape index (κ2) is 8.89.